The molecule has 0 spiro atoms. The van der Waals surface area contributed by atoms with Crippen molar-refractivity contribution in [3.05, 3.63) is 11.1 Å². The van der Waals surface area contributed by atoms with Crippen LogP contribution in [-0.4, -0.2) is 11.2 Å². The molecule has 0 aliphatic heterocycles. The molecule has 1 saturated carbocycles. The van der Waals surface area contributed by atoms with Gasteiger partial charge in [0.2, 0.25) is 0 Å². The van der Waals surface area contributed by atoms with Crippen molar-refractivity contribution in [3.8, 4) is 0 Å². The largest absolute Gasteiger partial charge is 0.392 e. The van der Waals surface area contributed by atoms with E-state index >= 15 is 0 Å². The average Bonchev–Trinajstić information content (AvgIpc) is 2.36. The van der Waals surface area contributed by atoms with E-state index in [9.17, 15) is 5.11 Å². The van der Waals surface area contributed by atoms with Gasteiger partial charge in [0.1, 0.15) is 0 Å². The molecule has 0 saturated heterocycles. The van der Waals surface area contributed by atoms with Gasteiger partial charge in [-0.05, 0) is 32.6 Å². The average molecular weight is 138 g/mol. The van der Waals surface area contributed by atoms with Crippen LogP contribution in [0.25, 0.3) is 0 Å². The molecule has 3 unspecified atom stereocenters. The lowest BCUT2D eigenvalue weighted by molar-refractivity contribution is 0.142. The van der Waals surface area contributed by atoms with Gasteiger partial charge in [-0.15, -0.1) is 0 Å². The Bertz CT molecular complexity index is 193. The second-order valence-corrected chi connectivity index (χ2v) is 3.71. The molecule has 1 N–H and O–H groups in total. The highest BCUT2D eigenvalue weighted by Crippen LogP contribution is 2.47. The summed E-state index contributed by atoms with van der Waals surface area (Å²) in [6.07, 6.45) is 2.22. The fourth-order valence-electron chi connectivity index (χ4n) is 2.45. The molecular weight excluding hydrogens is 124 g/mol. The first-order chi connectivity index (χ1) is 4.70. The van der Waals surface area contributed by atoms with E-state index in [1.807, 2.05) is 0 Å². The maximum atomic E-state index is 9.47. The van der Waals surface area contributed by atoms with E-state index in [0.29, 0.717) is 5.92 Å². The lowest BCUT2D eigenvalue weighted by Gasteiger charge is -2.18. The quantitative estimate of drug-likeness (QED) is 0.505. The Labute approximate surface area is 61.8 Å². The topological polar surface area (TPSA) is 20.2 Å². The first kappa shape index (κ1) is 6.41. The van der Waals surface area contributed by atoms with Crippen molar-refractivity contribution in [2.75, 3.05) is 0 Å². The zero-order valence-electron chi connectivity index (χ0n) is 6.59. The minimum atomic E-state index is -0.0197. The van der Waals surface area contributed by atoms with Crippen molar-refractivity contribution in [1.82, 2.24) is 0 Å². The summed E-state index contributed by atoms with van der Waals surface area (Å²) in [7, 11) is 0. The summed E-state index contributed by atoms with van der Waals surface area (Å²) < 4.78 is 0. The fraction of sp³-hybridized carbons (Fsp3) is 0.778. The maximum Gasteiger partial charge on any atom is 0.0611 e. The number of fused-ring (bicyclic) bond motifs is 2. The van der Waals surface area contributed by atoms with E-state index in [2.05, 4.69) is 13.8 Å². The van der Waals surface area contributed by atoms with Crippen molar-refractivity contribution in [2.24, 2.45) is 11.8 Å². The second-order valence-electron chi connectivity index (χ2n) is 3.71. The molecule has 2 aliphatic carbocycles. The second kappa shape index (κ2) is 1.85. The summed E-state index contributed by atoms with van der Waals surface area (Å²) in [5.41, 5.74) is 3.01. The molecule has 2 aliphatic rings. The van der Waals surface area contributed by atoms with Crippen molar-refractivity contribution in [2.45, 2.75) is 32.8 Å². The third kappa shape index (κ3) is 0.615. The number of hydrogen-bond acceptors (Lipinski definition) is 1. The zero-order chi connectivity index (χ0) is 7.30. The van der Waals surface area contributed by atoms with E-state index < -0.39 is 0 Å². The van der Waals surface area contributed by atoms with Gasteiger partial charge in [0.05, 0.1) is 6.10 Å². The predicted octanol–water partition coefficient (Wildman–Crippen LogP) is 1.72. The lowest BCUT2D eigenvalue weighted by atomic mass is 9.92. The monoisotopic (exact) mass is 138 g/mol. The van der Waals surface area contributed by atoms with Gasteiger partial charge in [-0.2, -0.15) is 0 Å². The predicted molar refractivity (Wildman–Crippen MR) is 40.6 cm³/mol. The highest BCUT2D eigenvalue weighted by molar-refractivity contribution is 5.27. The molecule has 56 valence electrons. The molecule has 1 heteroatoms. The van der Waals surface area contributed by atoms with Crippen LogP contribution in [0.3, 0.4) is 0 Å². The third-order valence-corrected chi connectivity index (χ3v) is 3.32. The van der Waals surface area contributed by atoms with Crippen LogP contribution in [0.5, 0.6) is 0 Å². The molecule has 0 radical (unpaired) electrons. The van der Waals surface area contributed by atoms with Gasteiger partial charge in [0.25, 0.3) is 0 Å². The molecule has 0 aromatic rings. The summed E-state index contributed by atoms with van der Waals surface area (Å²) in [5, 5.41) is 9.47. The van der Waals surface area contributed by atoms with Gasteiger partial charge < -0.3 is 5.11 Å². The minimum Gasteiger partial charge on any atom is -0.392 e. The van der Waals surface area contributed by atoms with Gasteiger partial charge in [0.15, 0.2) is 0 Å². The Morgan fingerprint density at radius 2 is 1.90 bits per heavy atom. The molecule has 0 amide bonds. The molecule has 0 heterocycles. The van der Waals surface area contributed by atoms with Crippen LogP contribution in [0.1, 0.15) is 26.7 Å². The van der Waals surface area contributed by atoms with E-state index in [1.165, 1.54) is 12.0 Å². The smallest absolute Gasteiger partial charge is 0.0611 e. The molecule has 0 aromatic carbocycles. The Morgan fingerprint density at radius 3 is 2.30 bits per heavy atom. The first-order valence-electron chi connectivity index (χ1n) is 4.05. The molecule has 1 nitrogen and oxygen atoms in total. The molecule has 2 bridgehead atoms. The van der Waals surface area contributed by atoms with Crippen LogP contribution in [0.4, 0.5) is 0 Å². The Morgan fingerprint density at radius 1 is 1.20 bits per heavy atom. The summed E-state index contributed by atoms with van der Waals surface area (Å²) in [6, 6.07) is 0. The minimum absolute atomic E-state index is 0.0197. The highest BCUT2D eigenvalue weighted by Gasteiger charge is 2.41. The molecular formula is C9H14O. The Hall–Kier alpha value is -0.300. The van der Waals surface area contributed by atoms with Gasteiger partial charge in [-0.25, -0.2) is 0 Å². The van der Waals surface area contributed by atoms with E-state index in [4.69, 9.17) is 0 Å². The summed E-state index contributed by atoms with van der Waals surface area (Å²) >= 11 is 0. The molecule has 2 rings (SSSR count). The van der Waals surface area contributed by atoms with Crippen LogP contribution < -0.4 is 0 Å². The Kier molecular flexibility index (Phi) is 1.19. The summed E-state index contributed by atoms with van der Waals surface area (Å²) in [6.45, 7) is 4.38. The van der Waals surface area contributed by atoms with E-state index in [0.717, 1.165) is 12.3 Å². The van der Waals surface area contributed by atoms with Crippen molar-refractivity contribution in [1.29, 1.82) is 0 Å². The van der Waals surface area contributed by atoms with Crippen LogP contribution >= 0.6 is 0 Å². The molecule has 0 aromatic heterocycles. The molecule has 1 fully saturated rings. The van der Waals surface area contributed by atoms with Gasteiger partial charge in [-0.3, -0.25) is 0 Å². The van der Waals surface area contributed by atoms with E-state index in [-0.39, 0.29) is 6.10 Å². The van der Waals surface area contributed by atoms with Crippen molar-refractivity contribution in [3.63, 3.8) is 0 Å². The Balaban J connectivity index is 2.34. The van der Waals surface area contributed by atoms with E-state index in [1.54, 1.807) is 5.57 Å². The molecule has 3 atom stereocenters. The summed E-state index contributed by atoms with van der Waals surface area (Å²) in [4.78, 5) is 0. The number of allylic oxidation sites excluding steroid dienone is 1. The van der Waals surface area contributed by atoms with Gasteiger partial charge in [-0.1, -0.05) is 11.1 Å². The number of aliphatic hydroxyl groups excluding tert-OH is 1. The SMILES string of the molecule is CC1=C(C)C2CC1CC2O. The number of hydrogen-bond donors (Lipinski definition) is 1. The van der Waals surface area contributed by atoms with Crippen LogP contribution in [-0.2, 0) is 0 Å². The third-order valence-electron chi connectivity index (χ3n) is 3.32. The zero-order valence-corrected chi connectivity index (χ0v) is 6.59. The van der Waals surface area contributed by atoms with Crippen molar-refractivity contribution >= 4 is 0 Å². The maximum absolute atomic E-state index is 9.47. The van der Waals surface area contributed by atoms with Gasteiger partial charge >= 0.3 is 0 Å². The first-order valence-corrected chi connectivity index (χ1v) is 4.05. The van der Waals surface area contributed by atoms with Crippen molar-refractivity contribution < 1.29 is 5.11 Å². The van der Waals surface area contributed by atoms with Crippen LogP contribution in [0.15, 0.2) is 11.1 Å². The lowest BCUT2D eigenvalue weighted by Crippen LogP contribution is -2.16. The van der Waals surface area contributed by atoms with Gasteiger partial charge in [0, 0.05) is 5.92 Å². The van der Waals surface area contributed by atoms with Crippen LogP contribution in [0, 0.1) is 11.8 Å². The molecule has 10 heavy (non-hydrogen) atoms. The normalized spacial score (nSPS) is 45.3. The van der Waals surface area contributed by atoms with Crippen LogP contribution in [0.2, 0.25) is 0 Å². The summed E-state index contributed by atoms with van der Waals surface area (Å²) in [5.74, 6) is 1.24. The number of aliphatic hydroxyl groups is 1. The standard InChI is InChI=1S/C9H14O/c1-5-6(2)8-3-7(5)4-9(8)10/h7-10H,3-4H2,1-2H3. The number of rotatable bonds is 0. The highest BCUT2D eigenvalue weighted by atomic mass is 16.3. The fourth-order valence-corrected chi connectivity index (χ4v) is 2.45.